The third kappa shape index (κ3) is 3.03. The number of hydrogen-bond donors (Lipinski definition) is 1. The molecule has 0 radical (unpaired) electrons. The second kappa shape index (κ2) is 6.21. The molecule has 0 fully saturated rings. The normalized spacial score (nSPS) is 18.8. The molecule has 3 heteroatoms. The van der Waals surface area contributed by atoms with Gasteiger partial charge in [-0.15, -0.1) is 11.8 Å². The molecule has 0 spiro atoms. The van der Waals surface area contributed by atoms with Crippen molar-refractivity contribution in [1.29, 1.82) is 0 Å². The molecule has 3 rings (SSSR count). The van der Waals surface area contributed by atoms with Crippen molar-refractivity contribution in [3.63, 3.8) is 0 Å². The molecule has 0 amide bonds. The molecular weight excluding hydrogens is 286 g/mol. The smallest absolute Gasteiger partial charge is 0.0409 e. The summed E-state index contributed by atoms with van der Waals surface area (Å²) in [6.07, 6.45) is 0. The molecule has 1 nitrogen and oxygen atoms in total. The first-order chi connectivity index (χ1) is 9.74. The zero-order chi connectivity index (χ0) is 13.9. The lowest BCUT2D eigenvalue weighted by Gasteiger charge is -2.18. The van der Waals surface area contributed by atoms with E-state index in [0.717, 1.165) is 11.6 Å². The average Bonchev–Trinajstić information content (AvgIpc) is 2.88. The predicted octanol–water partition coefficient (Wildman–Crippen LogP) is 4.88. The van der Waals surface area contributed by atoms with Crippen molar-refractivity contribution in [1.82, 2.24) is 5.32 Å². The van der Waals surface area contributed by atoms with Crippen molar-refractivity contribution >= 4 is 23.4 Å². The van der Waals surface area contributed by atoms with Crippen LogP contribution in [0.2, 0.25) is 5.02 Å². The fraction of sp³-hybridized carbons (Fsp3) is 0.294. The number of fused-ring (bicyclic) bond motifs is 1. The van der Waals surface area contributed by atoms with E-state index in [9.17, 15) is 0 Å². The summed E-state index contributed by atoms with van der Waals surface area (Å²) in [6.45, 7) is 3.21. The molecule has 2 aromatic carbocycles. The highest BCUT2D eigenvalue weighted by molar-refractivity contribution is 7.99. The fourth-order valence-electron chi connectivity index (χ4n) is 2.61. The molecule has 1 aliphatic rings. The lowest BCUT2D eigenvalue weighted by molar-refractivity contribution is 0.541. The van der Waals surface area contributed by atoms with Gasteiger partial charge in [0.1, 0.15) is 0 Å². The third-order valence-electron chi connectivity index (χ3n) is 3.82. The van der Waals surface area contributed by atoms with Gasteiger partial charge in [0.05, 0.1) is 0 Å². The standard InChI is InChI=1S/C17H18ClNS/c1-12(13-5-4-6-15(18)9-13)19-10-14-11-20-17-8-3-2-7-16(14)17/h2-9,12,14,19H,10-11H2,1H3/t12-,14?/m1/s1. The van der Waals surface area contributed by atoms with Crippen LogP contribution in [0.1, 0.15) is 30.0 Å². The molecule has 0 saturated carbocycles. The first-order valence-electron chi connectivity index (χ1n) is 6.94. The van der Waals surface area contributed by atoms with Crippen LogP contribution in [0, 0.1) is 0 Å². The third-order valence-corrected chi connectivity index (χ3v) is 5.30. The Morgan fingerprint density at radius 1 is 1.25 bits per heavy atom. The molecule has 20 heavy (non-hydrogen) atoms. The highest BCUT2D eigenvalue weighted by atomic mass is 35.5. The Morgan fingerprint density at radius 2 is 2.10 bits per heavy atom. The summed E-state index contributed by atoms with van der Waals surface area (Å²) < 4.78 is 0. The van der Waals surface area contributed by atoms with E-state index in [2.05, 4.69) is 42.6 Å². The van der Waals surface area contributed by atoms with Gasteiger partial charge in [0.25, 0.3) is 0 Å². The molecule has 104 valence electrons. The van der Waals surface area contributed by atoms with Crippen LogP contribution in [0.15, 0.2) is 53.4 Å². The number of hydrogen-bond acceptors (Lipinski definition) is 2. The minimum atomic E-state index is 0.325. The van der Waals surface area contributed by atoms with Crippen LogP contribution < -0.4 is 5.32 Å². The Bertz CT molecular complexity index is 599. The van der Waals surface area contributed by atoms with Crippen LogP contribution in [0.4, 0.5) is 0 Å². The molecule has 0 aromatic heterocycles. The van der Waals surface area contributed by atoms with Gasteiger partial charge in [0.2, 0.25) is 0 Å². The van der Waals surface area contributed by atoms with Crippen LogP contribution in [-0.2, 0) is 0 Å². The molecule has 1 aliphatic heterocycles. The summed E-state index contributed by atoms with van der Waals surface area (Å²) in [5, 5.41) is 4.44. The quantitative estimate of drug-likeness (QED) is 0.864. The summed E-state index contributed by atoms with van der Waals surface area (Å²) in [6, 6.07) is 17.2. The first kappa shape index (κ1) is 14.0. The van der Waals surface area contributed by atoms with Gasteiger partial charge in [-0.25, -0.2) is 0 Å². The van der Waals surface area contributed by atoms with E-state index < -0.39 is 0 Å². The zero-order valence-corrected chi connectivity index (χ0v) is 13.0. The zero-order valence-electron chi connectivity index (χ0n) is 11.5. The SMILES string of the molecule is C[C@@H](NCC1CSc2ccccc21)c1cccc(Cl)c1. The van der Waals surface area contributed by atoms with E-state index in [4.69, 9.17) is 11.6 Å². The maximum atomic E-state index is 6.05. The first-order valence-corrected chi connectivity index (χ1v) is 8.31. The van der Waals surface area contributed by atoms with Crippen LogP contribution in [-0.4, -0.2) is 12.3 Å². The summed E-state index contributed by atoms with van der Waals surface area (Å²) >= 11 is 8.02. The highest BCUT2D eigenvalue weighted by Gasteiger charge is 2.22. The van der Waals surface area contributed by atoms with Gasteiger partial charge in [-0.3, -0.25) is 0 Å². The van der Waals surface area contributed by atoms with Crippen molar-refractivity contribution in [3.8, 4) is 0 Å². The Labute approximate surface area is 129 Å². The Morgan fingerprint density at radius 3 is 2.95 bits per heavy atom. The van der Waals surface area contributed by atoms with Gasteiger partial charge in [-0.05, 0) is 36.2 Å². The molecule has 1 unspecified atom stereocenters. The minimum absolute atomic E-state index is 0.325. The van der Waals surface area contributed by atoms with Gasteiger partial charge < -0.3 is 5.32 Å². The van der Waals surface area contributed by atoms with Gasteiger partial charge >= 0.3 is 0 Å². The van der Waals surface area contributed by atoms with Crippen molar-refractivity contribution in [2.45, 2.75) is 23.8 Å². The van der Waals surface area contributed by atoms with E-state index in [1.165, 1.54) is 21.8 Å². The number of rotatable bonds is 4. The maximum Gasteiger partial charge on any atom is 0.0409 e. The minimum Gasteiger partial charge on any atom is -0.310 e. The van der Waals surface area contributed by atoms with Gasteiger partial charge in [0, 0.05) is 34.2 Å². The van der Waals surface area contributed by atoms with Crippen LogP contribution in [0.3, 0.4) is 0 Å². The summed E-state index contributed by atoms with van der Waals surface area (Å²) in [7, 11) is 0. The lowest BCUT2D eigenvalue weighted by Crippen LogP contribution is -2.24. The Balaban J connectivity index is 1.63. The number of halogens is 1. The maximum absolute atomic E-state index is 6.05. The number of benzene rings is 2. The van der Waals surface area contributed by atoms with Gasteiger partial charge in [0.15, 0.2) is 0 Å². The van der Waals surface area contributed by atoms with E-state index in [1.54, 1.807) is 0 Å². The molecule has 1 N–H and O–H groups in total. The molecular formula is C17H18ClNS. The van der Waals surface area contributed by atoms with Crippen molar-refractivity contribution in [3.05, 3.63) is 64.7 Å². The molecule has 2 atom stereocenters. The van der Waals surface area contributed by atoms with Gasteiger partial charge in [-0.1, -0.05) is 41.9 Å². The number of thioether (sulfide) groups is 1. The Hall–Kier alpha value is -0.960. The van der Waals surface area contributed by atoms with Crippen LogP contribution in [0.5, 0.6) is 0 Å². The summed E-state index contributed by atoms with van der Waals surface area (Å²) in [5.74, 6) is 1.78. The monoisotopic (exact) mass is 303 g/mol. The van der Waals surface area contributed by atoms with Crippen molar-refractivity contribution in [2.24, 2.45) is 0 Å². The molecule has 0 bridgehead atoms. The second-order valence-corrected chi connectivity index (χ2v) is 6.73. The largest absolute Gasteiger partial charge is 0.310 e. The van der Waals surface area contributed by atoms with Crippen molar-refractivity contribution < 1.29 is 0 Å². The van der Waals surface area contributed by atoms with Gasteiger partial charge in [-0.2, -0.15) is 0 Å². The van der Waals surface area contributed by atoms with E-state index in [-0.39, 0.29) is 0 Å². The predicted molar refractivity (Wildman–Crippen MR) is 87.8 cm³/mol. The van der Waals surface area contributed by atoms with Crippen LogP contribution >= 0.6 is 23.4 Å². The van der Waals surface area contributed by atoms with Crippen LogP contribution in [0.25, 0.3) is 0 Å². The second-order valence-electron chi connectivity index (χ2n) is 5.23. The van der Waals surface area contributed by atoms with Crippen molar-refractivity contribution in [2.75, 3.05) is 12.3 Å². The topological polar surface area (TPSA) is 12.0 Å². The summed E-state index contributed by atoms with van der Waals surface area (Å²) in [4.78, 5) is 1.44. The number of nitrogens with one attached hydrogen (secondary N) is 1. The fourth-order valence-corrected chi connectivity index (χ4v) is 4.06. The van der Waals surface area contributed by atoms with E-state index in [0.29, 0.717) is 12.0 Å². The lowest BCUT2D eigenvalue weighted by atomic mass is 10.0. The molecule has 0 saturated heterocycles. The Kier molecular flexibility index (Phi) is 4.35. The van der Waals surface area contributed by atoms with E-state index >= 15 is 0 Å². The molecule has 2 aromatic rings. The highest BCUT2D eigenvalue weighted by Crippen LogP contribution is 2.39. The molecule has 1 heterocycles. The summed E-state index contributed by atoms with van der Waals surface area (Å²) in [5.41, 5.74) is 2.74. The molecule has 0 aliphatic carbocycles. The van der Waals surface area contributed by atoms with E-state index in [1.807, 2.05) is 30.0 Å². The average molecular weight is 304 g/mol.